The number of hydrogen-bond donors (Lipinski definition) is 2. The van der Waals surface area contributed by atoms with Gasteiger partial charge in [0.1, 0.15) is 11.6 Å². The summed E-state index contributed by atoms with van der Waals surface area (Å²) in [6.45, 7) is 6.56. The first-order valence-electron chi connectivity index (χ1n) is 9.37. The van der Waals surface area contributed by atoms with Crippen LogP contribution in [-0.2, 0) is 11.3 Å². The molecule has 8 heteroatoms. The summed E-state index contributed by atoms with van der Waals surface area (Å²) in [6.07, 6.45) is 1.43. The minimum absolute atomic E-state index is 0.154. The van der Waals surface area contributed by atoms with Crippen molar-refractivity contribution in [1.29, 1.82) is 5.26 Å². The zero-order valence-corrected chi connectivity index (χ0v) is 17.2. The number of carbonyl (C=O) groups is 1. The average Bonchev–Trinajstić information content (AvgIpc) is 2.99. The molecular formula is C22H22N4O4. The van der Waals surface area contributed by atoms with Gasteiger partial charge in [-0.3, -0.25) is 14.2 Å². The quantitative estimate of drug-likeness (QED) is 0.754. The third kappa shape index (κ3) is 3.40. The predicted octanol–water partition coefficient (Wildman–Crippen LogP) is 2.15. The van der Waals surface area contributed by atoms with Crippen LogP contribution in [0.1, 0.15) is 34.7 Å². The van der Waals surface area contributed by atoms with E-state index in [1.165, 1.54) is 18.0 Å². The van der Waals surface area contributed by atoms with Crippen LogP contribution in [-0.4, -0.2) is 33.0 Å². The molecule has 1 amide bonds. The Morgan fingerprint density at radius 2 is 1.87 bits per heavy atom. The minimum atomic E-state index is -0.691. The number of hydrazone groups is 1. The third-order valence-electron chi connectivity index (χ3n) is 5.26. The Balaban J connectivity index is 2.14. The van der Waals surface area contributed by atoms with E-state index in [0.29, 0.717) is 11.4 Å². The van der Waals surface area contributed by atoms with Crippen molar-refractivity contribution in [2.75, 3.05) is 11.6 Å². The molecular weight excluding hydrogens is 384 g/mol. The standard InChI is InChI=1S/C22H22N4O4/c1-12-5-6-16(9-13(12)2)26-22(30)18(15(4)24-26)10-17-14(3)19(11-23)21(29)25(7-8-27)20(17)28/h5-6,9-10,27-28H,7-8H2,1-4H3. The highest BCUT2D eigenvalue weighted by Crippen LogP contribution is 2.30. The largest absolute Gasteiger partial charge is 0.494 e. The summed E-state index contributed by atoms with van der Waals surface area (Å²) in [5.74, 6) is -0.795. The van der Waals surface area contributed by atoms with Crippen molar-refractivity contribution in [3.63, 3.8) is 0 Å². The van der Waals surface area contributed by atoms with Gasteiger partial charge < -0.3 is 10.2 Å². The first-order chi connectivity index (χ1) is 14.2. The molecule has 0 unspecified atom stereocenters. The number of nitriles is 1. The smallest absolute Gasteiger partial charge is 0.280 e. The third-order valence-corrected chi connectivity index (χ3v) is 5.26. The summed E-state index contributed by atoms with van der Waals surface area (Å²) in [6, 6.07) is 7.42. The summed E-state index contributed by atoms with van der Waals surface area (Å²) in [7, 11) is 0. The monoisotopic (exact) mass is 406 g/mol. The highest BCUT2D eigenvalue weighted by molar-refractivity contribution is 6.32. The van der Waals surface area contributed by atoms with E-state index in [1.807, 2.05) is 32.0 Å². The molecule has 2 heterocycles. The number of amides is 1. The van der Waals surface area contributed by atoms with Crippen LogP contribution >= 0.6 is 0 Å². The lowest BCUT2D eigenvalue weighted by Gasteiger charge is -2.15. The van der Waals surface area contributed by atoms with E-state index < -0.39 is 18.0 Å². The Labute approximate surface area is 173 Å². The molecule has 1 aliphatic heterocycles. The average molecular weight is 406 g/mol. The van der Waals surface area contributed by atoms with Gasteiger partial charge in [-0.15, -0.1) is 0 Å². The summed E-state index contributed by atoms with van der Waals surface area (Å²) in [5, 5.41) is 34.8. The van der Waals surface area contributed by atoms with E-state index in [-0.39, 0.29) is 34.7 Å². The number of aromatic nitrogens is 1. The van der Waals surface area contributed by atoms with Gasteiger partial charge in [-0.25, -0.2) is 0 Å². The van der Waals surface area contributed by atoms with Crippen molar-refractivity contribution >= 4 is 23.4 Å². The molecule has 0 saturated carbocycles. The molecule has 1 aromatic heterocycles. The molecule has 2 N–H and O–H groups in total. The molecule has 2 aromatic rings. The van der Waals surface area contributed by atoms with Crippen molar-refractivity contribution in [2.45, 2.75) is 34.2 Å². The van der Waals surface area contributed by atoms with Crippen LogP contribution in [0.2, 0.25) is 0 Å². The maximum absolute atomic E-state index is 13.1. The summed E-state index contributed by atoms with van der Waals surface area (Å²) in [4.78, 5) is 25.5. The van der Waals surface area contributed by atoms with Crippen molar-refractivity contribution in [3.05, 3.63) is 61.9 Å². The summed E-state index contributed by atoms with van der Waals surface area (Å²) < 4.78 is 0.922. The lowest BCUT2D eigenvalue weighted by molar-refractivity contribution is -0.114. The van der Waals surface area contributed by atoms with Gasteiger partial charge in [-0.05, 0) is 62.6 Å². The second-order valence-corrected chi connectivity index (χ2v) is 7.16. The van der Waals surface area contributed by atoms with Crippen molar-refractivity contribution in [1.82, 2.24) is 4.57 Å². The molecule has 8 nitrogen and oxygen atoms in total. The molecule has 30 heavy (non-hydrogen) atoms. The van der Waals surface area contributed by atoms with Crippen LogP contribution in [0.5, 0.6) is 5.88 Å². The van der Waals surface area contributed by atoms with Crippen molar-refractivity contribution in [2.24, 2.45) is 5.10 Å². The van der Waals surface area contributed by atoms with E-state index in [0.717, 1.165) is 15.7 Å². The van der Waals surface area contributed by atoms with Gasteiger partial charge in [-0.1, -0.05) is 6.07 Å². The number of nitrogens with zero attached hydrogens (tertiary/aromatic N) is 4. The fourth-order valence-electron chi connectivity index (χ4n) is 3.31. The lowest BCUT2D eigenvalue weighted by atomic mass is 10.0. The van der Waals surface area contributed by atoms with Gasteiger partial charge in [0.15, 0.2) is 0 Å². The molecule has 0 fully saturated rings. The SMILES string of the molecule is CC1=NN(c2ccc(C)c(C)c2)C(=O)C1=Cc1c(C)c(C#N)c(=O)n(CCO)c1O. The first-order valence-corrected chi connectivity index (χ1v) is 9.37. The highest BCUT2D eigenvalue weighted by atomic mass is 16.3. The maximum atomic E-state index is 13.1. The molecule has 3 rings (SSSR count). The molecule has 0 spiro atoms. The number of benzene rings is 1. The first kappa shape index (κ1) is 21.0. The molecule has 0 radical (unpaired) electrons. The number of aliphatic hydroxyl groups is 1. The van der Waals surface area contributed by atoms with Gasteiger partial charge in [0, 0.05) is 5.56 Å². The Morgan fingerprint density at radius 1 is 1.17 bits per heavy atom. The van der Waals surface area contributed by atoms with Gasteiger partial charge in [0.05, 0.1) is 30.1 Å². The van der Waals surface area contributed by atoms with Crippen molar-refractivity contribution < 1.29 is 15.0 Å². The second-order valence-electron chi connectivity index (χ2n) is 7.16. The molecule has 0 aliphatic carbocycles. The van der Waals surface area contributed by atoms with Crippen LogP contribution in [0, 0.1) is 32.1 Å². The van der Waals surface area contributed by atoms with E-state index >= 15 is 0 Å². The number of rotatable bonds is 4. The van der Waals surface area contributed by atoms with Crippen LogP contribution in [0.25, 0.3) is 6.08 Å². The number of aromatic hydroxyl groups is 1. The Hall–Kier alpha value is -3.70. The van der Waals surface area contributed by atoms with E-state index in [4.69, 9.17) is 0 Å². The van der Waals surface area contributed by atoms with Crippen molar-refractivity contribution in [3.8, 4) is 11.9 Å². The second kappa shape index (κ2) is 7.97. The molecule has 1 aliphatic rings. The topological polar surface area (TPSA) is 119 Å². The number of carbonyl (C=O) groups excluding carboxylic acids is 1. The Bertz CT molecular complexity index is 1220. The van der Waals surface area contributed by atoms with Gasteiger partial charge in [0.25, 0.3) is 11.5 Å². The minimum Gasteiger partial charge on any atom is -0.494 e. The lowest BCUT2D eigenvalue weighted by Crippen LogP contribution is -2.26. The molecule has 0 saturated heterocycles. The van der Waals surface area contributed by atoms with Gasteiger partial charge in [0.2, 0.25) is 5.88 Å². The normalized spacial score (nSPS) is 14.9. The van der Waals surface area contributed by atoms with Gasteiger partial charge >= 0.3 is 0 Å². The molecule has 0 bridgehead atoms. The summed E-state index contributed by atoms with van der Waals surface area (Å²) in [5.41, 5.74) is 3.00. The zero-order valence-electron chi connectivity index (χ0n) is 17.2. The van der Waals surface area contributed by atoms with E-state index in [9.17, 15) is 25.1 Å². The van der Waals surface area contributed by atoms with E-state index in [1.54, 1.807) is 13.0 Å². The molecule has 154 valence electrons. The predicted molar refractivity (Wildman–Crippen MR) is 113 cm³/mol. The Kier molecular flexibility index (Phi) is 5.58. The number of anilines is 1. The fourth-order valence-corrected chi connectivity index (χ4v) is 3.31. The Morgan fingerprint density at radius 3 is 2.47 bits per heavy atom. The highest BCUT2D eigenvalue weighted by Gasteiger charge is 2.30. The van der Waals surface area contributed by atoms with E-state index in [2.05, 4.69) is 5.10 Å². The number of aryl methyl sites for hydroxylation is 2. The van der Waals surface area contributed by atoms with Crippen LogP contribution in [0.15, 0.2) is 33.7 Å². The maximum Gasteiger partial charge on any atom is 0.280 e. The number of aliphatic hydroxyl groups excluding tert-OH is 1. The van der Waals surface area contributed by atoms with Gasteiger partial charge in [-0.2, -0.15) is 15.4 Å². The molecule has 0 atom stereocenters. The number of hydrogen-bond acceptors (Lipinski definition) is 6. The van der Waals surface area contributed by atoms with Crippen LogP contribution in [0.4, 0.5) is 5.69 Å². The summed E-state index contributed by atoms with van der Waals surface area (Å²) >= 11 is 0. The van der Waals surface area contributed by atoms with Crippen LogP contribution in [0.3, 0.4) is 0 Å². The zero-order chi connectivity index (χ0) is 22.2. The number of pyridine rings is 1. The molecule has 1 aromatic carbocycles. The van der Waals surface area contributed by atoms with Crippen LogP contribution < -0.4 is 10.6 Å². The fraction of sp³-hybridized carbons (Fsp3) is 0.273.